The summed E-state index contributed by atoms with van der Waals surface area (Å²) in [5.41, 5.74) is -0.356. The number of piperidine rings is 1. The highest BCUT2D eigenvalue weighted by atomic mass is 19.4. The zero-order valence-corrected chi connectivity index (χ0v) is 24.3. The van der Waals surface area contributed by atoms with Gasteiger partial charge in [-0.15, -0.1) is 0 Å². The Hall–Kier alpha value is -4.27. The molecule has 10 nitrogen and oxygen atoms in total. The number of imidazole rings is 1. The number of amides is 3. The minimum absolute atomic E-state index is 0.0397. The van der Waals surface area contributed by atoms with Crippen LogP contribution in [0.5, 0.6) is 0 Å². The molecular formula is C30H31F5N6O4. The van der Waals surface area contributed by atoms with Crippen molar-refractivity contribution in [3.8, 4) is 0 Å². The summed E-state index contributed by atoms with van der Waals surface area (Å²) >= 11 is 0. The molecular weight excluding hydrogens is 603 g/mol. The fourth-order valence-electron chi connectivity index (χ4n) is 6.55. The number of alkyl halides is 3. The van der Waals surface area contributed by atoms with Crippen LogP contribution in [0.4, 0.5) is 37.4 Å². The van der Waals surface area contributed by atoms with Crippen LogP contribution in [0.1, 0.15) is 60.3 Å². The molecule has 2 aromatic heterocycles. The molecule has 1 aromatic carbocycles. The van der Waals surface area contributed by atoms with Gasteiger partial charge < -0.3 is 24.3 Å². The summed E-state index contributed by atoms with van der Waals surface area (Å²) in [5, 5.41) is 2.91. The van der Waals surface area contributed by atoms with Crippen LogP contribution >= 0.6 is 0 Å². The maximum atomic E-state index is 14.8. The molecule has 45 heavy (non-hydrogen) atoms. The number of halogens is 5. The van der Waals surface area contributed by atoms with Crippen LogP contribution in [0.2, 0.25) is 0 Å². The van der Waals surface area contributed by atoms with E-state index < -0.39 is 53.9 Å². The Morgan fingerprint density at radius 1 is 1.13 bits per heavy atom. The molecule has 240 valence electrons. The van der Waals surface area contributed by atoms with Crippen LogP contribution in [-0.2, 0) is 28.0 Å². The Morgan fingerprint density at radius 2 is 1.91 bits per heavy atom. The highest BCUT2D eigenvalue weighted by molar-refractivity contribution is 5.90. The fourth-order valence-corrected chi connectivity index (χ4v) is 6.55. The van der Waals surface area contributed by atoms with Crippen molar-refractivity contribution in [3.05, 3.63) is 77.0 Å². The molecule has 1 saturated heterocycles. The van der Waals surface area contributed by atoms with E-state index >= 15 is 0 Å². The second-order valence-electron chi connectivity index (χ2n) is 11.5. The van der Waals surface area contributed by atoms with E-state index in [1.54, 1.807) is 17.2 Å². The molecule has 5 heterocycles. The van der Waals surface area contributed by atoms with Gasteiger partial charge in [-0.2, -0.15) is 13.2 Å². The van der Waals surface area contributed by atoms with Crippen LogP contribution in [0.25, 0.3) is 0 Å². The van der Waals surface area contributed by atoms with Gasteiger partial charge in [0, 0.05) is 69.2 Å². The topological polar surface area (TPSA) is 102 Å². The van der Waals surface area contributed by atoms with Crippen molar-refractivity contribution in [2.24, 2.45) is 0 Å². The van der Waals surface area contributed by atoms with Crippen molar-refractivity contribution in [2.75, 3.05) is 31.8 Å². The van der Waals surface area contributed by atoms with Gasteiger partial charge in [0.05, 0.1) is 12.5 Å². The van der Waals surface area contributed by atoms with Crippen LogP contribution in [0.15, 0.2) is 42.7 Å². The van der Waals surface area contributed by atoms with Crippen LogP contribution in [0, 0.1) is 11.6 Å². The molecule has 1 spiro atoms. The predicted molar refractivity (Wildman–Crippen MR) is 149 cm³/mol. The first-order chi connectivity index (χ1) is 21.5. The number of urea groups is 1. The Bertz CT molecular complexity index is 1590. The zero-order chi connectivity index (χ0) is 31.9. The van der Waals surface area contributed by atoms with Gasteiger partial charge in [-0.1, -0.05) is 12.1 Å². The number of methoxy groups -OCH3 is 1. The number of anilines is 1. The van der Waals surface area contributed by atoms with Crippen molar-refractivity contribution in [3.63, 3.8) is 0 Å². The van der Waals surface area contributed by atoms with Crippen LogP contribution in [0.3, 0.4) is 0 Å². The highest BCUT2D eigenvalue weighted by Gasteiger charge is 2.48. The molecule has 3 aromatic rings. The largest absolute Gasteiger partial charge is 0.437 e. The lowest BCUT2D eigenvalue weighted by atomic mass is 9.83. The maximum absolute atomic E-state index is 14.8. The van der Waals surface area contributed by atoms with E-state index in [4.69, 9.17) is 9.47 Å². The molecule has 15 heteroatoms. The first-order valence-corrected chi connectivity index (χ1v) is 14.5. The lowest BCUT2D eigenvalue weighted by Crippen LogP contribution is -2.54. The maximum Gasteiger partial charge on any atom is 0.418 e. The van der Waals surface area contributed by atoms with Crippen molar-refractivity contribution in [1.29, 1.82) is 0 Å². The average molecular weight is 635 g/mol. The first kappa shape index (κ1) is 30.7. The van der Waals surface area contributed by atoms with E-state index in [2.05, 4.69) is 15.3 Å². The van der Waals surface area contributed by atoms with E-state index in [1.165, 1.54) is 28.7 Å². The quantitative estimate of drug-likeness (QED) is 0.370. The summed E-state index contributed by atoms with van der Waals surface area (Å²) in [6.45, 7) is 0.339. The Labute approximate surface area is 255 Å². The normalized spacial score (nSPS) is 21.2. The Balaban J connectivity index is 1.21. The van der Waals surface area contributed by atoms with Gasteiger partial charge in [-0.25, -0.2) is 33.2 Å². The van der Waals surface area contributed by atoms with Gasteiger partial charge >= 0.3 is 18.3 Å². The van der Waals surface area contributed by atoms with E-state index in [1.807, 2.05) is 6.07 Å². The number of carbonyl (C=O) groups is 2. The molecule has 1 fully saturated rings. The standard InChI is InChI=1S/C30H31F5N6O4/c1-44-17-41-25-21(5-3-11-36-25)29(45-28(41)43)9-12-39(13-10-29)27(42)38-23-8-7-18(20-4-2-6-22(31)24(20)32)16-40-19(14-30(33,34)35)15-37-26(23)40/h2-6,11,15,18,23H,7-10,12-14,16-17H2,1H3,(H,38,42)/t18-,23-/m1/s1. The molecule has 0 radical (unpaired) electrons. The lowest BCUT2D eigenvalue weighted by molar-refractivity contribution is -0.128. The molecule has 0 bridgehead atoms. The summed E-state index contributed by atoms with van der Waals surface area (Å²) in [7, 11) is 1.45. The molecule has 3 amide bonds. The molecule has 0 aliphatic carbocycles. The molecule has 6 rings (SSSR count). The van der Waals surface area contributed by atoms with Gasteiger partial charge in [0.2, 0.25) is 0 Å². The molecule has 3 aliphatic rings. The minimum atomic E-state index is -4.53. The monoisotopic (exact) mass is 634 g/mol. The number of aromatic nitrogens is 3. The summed E-state index contributed by atoms with van der Waals surface area (Å²) in [6.07, 6.45) is -2.62. The number of ether oxygens (including phenoxy) is 2. The van der Waals surface area contributed by atoms with Gasteiger partial charge in [0.25, 0.3) is 0 Å². The van der Waals surface area contributed by atoms with Gasteiger partial charge in [-0.3, -0.25) is 0 Å². The number of pyridine rings is 1. The van der Waals surface area contributed by atoms with E-state index in [9.17, 15) is 31.5 Å². The number of fused-ring (bicyclic) bond motifs is 3. The van der Waals surface area contributed by atoms with Crippen molar-refractivity contribution in [1.82, 2.24) is 24.8 Å². The number of benzene rings is 1. The van der Waals surface area contributed by atoms with Gasteiger partial charge in [0.1, 0.15) is 24.0 Å². The van der Waals surface area contributed by atoms with Gasteiger partial charge in [0.15, 0.2) is 11.6 Å². The molecule has 3 aliphatic heterocycles. The van der Waals surface area contributed by atoms with Gasteiger partial charge in [-0.05, 0) is 36.6 Å². The zero-order valence-electron chi connectivity index (χ0n) is 24.3. The Kier molecular flexibility index (Phi) is 8.14. The first-order valence-electron chi connectivity index (χ1n) is 14.5. The summed E-state index contributed by atoms with van der Waals surface area (Å²) < 4.78 is 81.6. The second-order valence-corrected chi connectivity index (χ2v) is 11.5. The second kappa shape index (κ2) is 11.9. The predicted octanol–water partition coefficient (Wildman–Crippen LogP) is 5.54. The Morgan fingerprint density at radius 3 is 2.64 bits per heavy atom. The third-order valence-electron chi connectivity index (χ3n) is 8.74. The third kappa shape index (κ3) is 5.92. The highest BCUT2D eigenvalue weighted by Crippen LogP contribution is 2.45. The van der Waals surface area contributed by atoms with Crippen LogP contribution < -0.4 is 10.2 Å². The molecule has 0 unspecified atom stereocenters. The number of nitrogens with one attached hydrogen (secondary N) is 1. The van der Waals surface area contributed by atoms with Crippen molar-refractivity contribution < 1.29 is 41.0 Å². The number of hydrogen-bond donors (Lipinski definition) is 1. The number of hydrogen-bond acceptors (Lipinski definition) is 6. The summed E-state index contributed by atoms with van der Waals surface area (Å²) in [6, 6.07) is 6.09. The smallest absolute Gasteiger partial charge is 0.418 e. The number of likely N-dealkylation sites (tertiary alicyclic amines) is 1. The van der Waals surface area contributed by atoms with Crippen molar-refractivity contribution in [2.45, 2.75) is 62.4 Å². The fraction of sp³-hybridized carbons (Fsp3) is 0.467. The van der Waals surface area contributed by atoms with E-state index in [0.29, 0.717) is 24.2 Å². The SMILES string of the molecule is COCN1C(=O)OC2(CCN(C(=O)N[C@@H]3CC[C@@H](c4cccc(F)c4F)Cn4c(CC(F)(F)F)cnc43)CC2)c2cccnc21. The molecule has 1 N–H and O–H groups in total. The third-order valence-corrected chi connectivity index (χ3v) is 8.74. The summed E-state index contributed by atoms with van der Waals surface area (Å²) in [4.78, 5) is 37.9. The number of carbonyl (C=O) groups excluding carboxylic acids is 2. The lowest BCUT2D eigenvalue weighted by Gasteiger charge is -2.45. The summed E-state index contributed by atoms with van der Waals surface area (Å²) in [5.74, 6) is -2.09. The molecule has 0 saturated carbocycles. The van der Waals surface area contributed by atoms with E-state index in [0.717, 1.165) is 12.3 Å². The van der Waals surface area contributed by atoms with Crippen molar-refractivity contribution >= 4 is 17.9 Å². The number of rotatable bonds is 5. The number of nitrogens with zero attached hydrogens (tertiary/aromatic N) is 5. The van der Waals surface area contributed by atoms with Crippen LogP contribution in [-0.4, -0.2) is 64.7 Å². The molecule has 2 atom stereocenters. The average Bonchev–Trinajstić information content (AvgIpc) is 3.28. The van der Waals surface area contributed by atoms with E-state index in [-0.39, 0.29) is 56.3 Å². The minimum Gasteiger partial charge on any atom is -0.437 e.